The maximum absolute atomic E-state index is 13.0. The van der Waals surface area contributed by atoms with Crippen LogP contribution < -0.4 is 4.74 Å². The first-order chi connectivity index (χ1) is 11.6. The summed E-state index contributed by atoms with van der Waals surface area (Å²) >= 11 is 0. The van der Waals surface area contributed by atoms with E-state index in [1.54, 1.807) is 19.4 Å². The van der Waals surface area contributed by atoms with Crippen molar-refractivity contribution in [2.45, 2.75) is 64.5 Å². The third-order valence-corrected chi connectivity index (χ3v) is 5.04. The van der Waals surface area contributed by atoms with Crippen molar-refractivity contribution in [3.05, 3.63) is 23.9 Å². The number of rotatable bonds is 6. The SMILES string of the molecule is C#CC(C)C(C)N(C(=O)Cc1ccc(OC)nc1)C1CCCCC1. The Morgan fingerprint density at radius 3 is 2.62 bits per heavy atom. The quantitative estimate of drug-likeness (QED) is 0.751. The van der Waals surface area contributed by atoms with Gasteiger partial charge in [0.1, 0.15) is 0 Å². The molecule has 2 atom stereocenters. The van der Waals surface area contributed by atoms with E-state index in [0.29, 0.717) is 18.3 Å². The van der Waals surface area contributed by atoms with Crippen molar-refractivity contribution >= 4 is 5.91 Å². The standard InChI is InChI=1S/C20H28N2O2/c1-5-15(2)16(3)22(18-9-7-6-8-10-18)20(23)13-17-11-12-19(24-4)21-14-17/h1,11-12,14-16,18H,6-10,13H2,2-4H3. The van der Waals surface area contributed by atoms with Crippen LogP contribution in [0.25, 0.3) is 0 Å². The summed E-state index contributed by atoms with van der Waals surface area (Å²) in [5.41, 5.74) is 0.905. The van der Waals surface area contributed by atoms with E-state index in [2.05, 4.69) is 17.8 Å². The maximum Gasteiger partial charge on any atom is 0.227 e. The van der Waals surface area contributed by atoms with E-state index in [1.807, 2.05) is 17.9 Å². The molecule has 0 radical (unpaired) electrons. The number of ether oxygens (including phenoxy) is 1. The Hall–Kier alpha value is -2.02. The van der Waals surface area contributed by atoms with Gasteiger partial charge < -0.3 is 9.64 Å². The molecular weight excluding hydrogens is 300 g/mol. The number of terminal acetylenes is 1. The number of nitrogens with zero attached hydrogens (tertiary/aromatic N) is 2. The van der Waals surface area contributed by atoms with Crippen molar-refractivity contribution in [3.63, 3.8) is 0 Å². The Balaban J connectivity index is 2.14. The van der Waals surface area contributed by atoms with Crippen LogP contribution in [0.2, 0.25) is 0 Å². The van der Waals surface area contributed by atoms with Gasteiger partial charge in [-0.2, -0.15) is 0 Å². The van der Waals surface area contributed by atoms with E-state index in [0.717, 1.165) is 18.4 Å². The van der Waals surface area contributed by atoms with Crippen LogP contribution in [0, 0.1) is 18.3 Å². The summed E-state index contributed by atoms with van der Waals surface area (Å²) in [6.07, 6.45) is 13.5. The molecule has 2 unspecified atom stereocenters. The van der Waals surface area contributed by atoms with Crippen LogP contribution in [-0.4, -0.2) is 35.0 Å². The topological polar surface area (TPSA) is 42.4 Å². The molecule has 0 aliphatic heterocycles. The second kappa shape index (κ2) is 8.73. The summed E-state index contributed by atoms with van der Waals surface area (Å²) in [7, 11) is 1.58. The number of methoxy groups -OCH3 is 1. The van der Waals surface area contributed by atoms with Gasteiger partial charge in [-0.3, -0.25) is 4.79 Å². The summed E-state index contributed by atoms with van der Waals surface area (Å²) in [5.74, 6) is 3.54. The number of pyridine rings is 1. The minimum atomic E-state index is 0.0462. The Morgan fingerprint density at radius 2 is 2.08 bits per heavy atom. The molecule has 0 spiro atoms. The lowest BCUT2D eigenvalue weighted by Crippen LogP contribution is -2.49. The molecule has 0 aromatic carbocycles. The Morgan fingerprint density at radius 1 is 1.38 bits per heavy atom. The summed E-state index contributed by atoms with van der Waals surface area (Å²) in [4.78, 5) is 19.3. The van der Waals surface area contributed by atoms with Gasteiger partial charge in [-0.05, 0) is 32.3 Å². The maximum atomic E-state index is 13.0. The summed E-state index contributed by atoms with van der Waals surface area (Å²) in [6, 6.07) is 4.05. The number of amides is 1. The van der Waals surface area contributed by atoms with Crippen molar-refractivity contribution in [2.24, 2.45) is 5.92 Å². The summed E-state index contributed by atoms with van der Waals surface area (Å²) in [5, 5.41) is 0. The van der Waals surface area contributed by atoms with E-state index >= 15 is 0 Å². The molecule has 0 saturated heterocycles. The van der Waals surface area contributed by atoms with Gasteiger partial charge in [0, 0.05) is 30.3 Å². The summed E-state index contributed by atoms with van der Waals surface area (Å²) < 4.78 is 5.07. The smallest absolute Gasteiger partial charge is 0.227 e. The lowest BCUT2D eigenvalue weighted by Gasteiger charge is -2.40. The predicted octanol–water partition coefficient (Wildman–Crippen LogP) is 3.45. The van der Waals surface area contributed by atoms with Gasteiger partial charge in [-0.15, -0.1) is 12.3 Å². The van der Waals surface area contributed by atoms with E-state index in [9.17, 15) is 4.79 Å². The molecule has 1 amide bonds. The van der Waals surface area contributed by atoms with Crippen LogP contribution in [0.4, 0.5) is 0 Å². The minimum absolute atomic E-state index is 0.0462. The largest absolute Gasteiger partial charge is 0.481 e. The van der Waals surface area contributed by atoms with Gasteiger partial charge in [0.15, 0.2) is 0 Å². The van der Waals surface area contributed by atoms with Gasteiger partial charge in [0.25, 0.3) is 0 Å². The van der Waals surface area contributed by atoms with Crippen molar-refractivity contribution in [1.82, 2.24) is 9.88 Å². The lowest BCUT2D eigenvalue weighted by molar-refractivity contribution is -0.136. The van der Waals surface area contributed by atoms with Crippen LogP contribution in [-0.2, 0) is 11.2 Å². The van der Waals surface area contributed by atoms with E-state index in [1.165, 1.54) is 19.3 Å². The van der Waals surface area contributed by atoms with Crippen molar-refractivity contribution < 1.29 is 9.53 Å². The zero-order valence-electron chi connectivity index (χ0n) is 15.0. The van der Waals surface area contributed by atoms with E-state index in [-0.39, 0.29) is 17.9 Å². The third-order valence-electron chi connectivity index (χ3n) is 5.04. The highest BCUT2D eigenvalue weighted by atomic mass is 16.5. The number of hydrogen-bond acceptors (Lipinski definition) is 3. The molecule has 24 heavy (non-hydrogen) atoms. The molecule has 1 fully saturated rings. The predicted molar refractivity (Wildman–Crippen MR) is 95.7 cm³/mol. The van der Waals surface area contributed by atoms with Crippen molar-refractivity contribution in [1.29, 1.82) is 0 Å². The van der Waals surface area contributed by atoms with E-state index in [4.69, 9.17) is 11.2 Å². The number of aromatic nitrogens is 1. The number of carbonyl (C=O) groups excluding carboxylic acids is 1. The molecule has 0 bridgehead atoms. The second-order valence-corrected chi connectivity index (χ2v) is 6.67. The van der Waals surface area contributed by atoms with Crippen LogP contribution in [0.3, 0.4) is 0 Å². The second-order valence-electron chi connectivity index (χ2n) is 6.67. The third kappa shape index (κ3) is 4.50. The molecule has 4 nitrogen and oxygen atoms in total. The average Bonchev–Trinajstić information content (AvgIpc) is 2.62. The Bertz CT molecular complexity index is 570. The molecule has 2 rings (SSSR count). The van der Waals surface area contributed by atoms with Gasteiger partial charge in [-0.25, -0.2) is 4.98 Å². The number of hydrogen-bond donors (Lipinski definition) is 0. The molecule has 130 valence electrons. The minimum Gasteiger partial charge on any atom is -0.481 e. The molecule has 1 aromatic rings. The summed E-state index contributed by atoms with van der Waals surface area (Å²) in [6.45, 7) is 4.09. The van der Waals surface area contributed by atoms with Crippen molar-refractivity contribution in [2.75, 3.05) is 7.11 Å². The van der Waals surface area contributed by atoms with Crippen LogP contribution >= 0.6 is 0 Å². The van der Waals surface area contributed by atoms with Gasteiger partial charge >= 0.3 is 0 Å². The molecule has 1 heterocycles. The van der Waals surface area contributed by atoms with Gasteiger partial charge in [0.2, 0.25) is 11.8 Å². The van der Waals surface area contributed by atoms with Gasteiger partial charge in [-0.1, -0.05) is 25.3 Å². The lowest BCUT2D eigenvalue weighted by atomic mass is 9.90. The molecule has 4 heteroatoms. The van der Waals surface area contributed by atoms with Crippen LogP contribution in [0.15, 0.2) is 18.3 Å². The van der Waals surface area contributed by atoms with Crippen LogP contribution in [0.5, 0.6) is 5.88 Å². The fourth-order valence-corrected chi connectivity index (χ4v) is 3.40. The average molecular weight is 328 g/mol. The molecule has 1 aliphatic rings. The molecule has 0 N–H and O–H groups in total. The zero-order valence-corrected chi connectivity index (χ0v) is 15.0. The fraction of sp³-hybridized carbons (Fsp3) is 0.600. The fourth-order valence-electron chi connectivity index (χ4n) is 3.40. The van der Waals surface area contributed by atoms with Crippen molar-refractivity contribution in [3.8, 4) is 18.2 Å². The first-order valence-electron chi connectivity index (χ1n) is 8.83. The highest BCUT2D eigenvalue weighted by Gasteiger charge is 2.31. The molecule has 1 aromatic heterocycles. The Labute approximate surface area is 145 Å². The highest BCUT2D eigenvalue weighted by Crippen LogP contribution is 2.27. The first-order valence-corrected chi connectivity index (χ1v) is 8.83. The Kier molecular flexibility index (Phi) is 6.66. The zero-order chi connectivity index (χ0) is 17.5. The normalized spacial score (nSPS) is 17.6. The molecule has 1 aliphatic carbocycles. The van der Waals surface area contributed by atoms with Crippen LogP contribution in [0.1, 0.15) is 51.5 Å². The van der Waals surface area contributed by atoms with Gasteiger partial charge in [0.05, 0.1) is 13.5 Å². The first kappa shape index (κ1) is 18.3. The highest BCUT2D eigenvalue weighted by molar-refractivity contribution is 5.79. The molecular formula is C20H28N2O2. The van der Waals surface area contributed by atoms with E-state index < -0.39 is 0 Å². The monoisotopic (exact) mass is 328 g/mol. The molecule has 1 saturated carbocycles. The number of carbonyl (C=O) groups is 1.